The highest BCUT2D eigenvalue weighted by Crippen LogP contribution is 2.08. The van der Waals surface area contributed by atoms with Crippen LogP contribution in [0.4, 0.5) is 8.78 Å². The molecule has 1 aromatic carbocycles. The maximum Gasteiger partial charge on any atom is 0.224 e. The Kier molecular flexibility index (Phi) is 6.82. The number of carbonyl (C=O) groups excluding carboxylic acids is 1. The standard InChI is InChI=1S/C12H14BrF2NO2/c13-3-5-18-6-4-16-12(17)8-9-1-2-10(14)11(15)7-9/h1-2,7H,3-6,8H2,(H,16,17). The second-order valence-corrected chi connectivity index (χ2v) is 4.37. The zero-order chi connectivity index (χ0) is 13.4. The number of rotatable bonds is 7. The second-order valence-electron chi connectivity index (χ2n) is 3.58. The largest absolute Gasteiger partial charge is 0.379 e. The van der Waals surface area contributed by atoms with E-state index in [1.807, 2.05) is 0 Å². The van der Waals surface area contributed by atoms with Crippen LogP contribution in [0, 0.1) is 11.6 Å². The Hall–Kier alpha value is -1.01. The van der Waals surface area contributed by atoms with Crippen molar-refractivity contribution in [1.29, 1.82) is 0 Å². The molecule has 1 aromatic rings. The summed E-state index contributed by atoms with van der Waals surface area (Å²) in [5.74, 6) is -2.10. The molecule has 0 saturated heterocycles. The molecule has 0 aliphatic rings. The van der Waals surface area contributed by atoms with Crippen molar-refractivity contribution < 1.29 is 18.3 Å². The molecule has 0 aliphatic heterocycles. The fourth-order valence-corrected chi connectivity index (χ4v) is 1.55. The number of nitrogens with one attached hydrogen (secondary N) is 1. The third kappa shape index (κ3) is 5.55. The van der Waals surface area contributed by atoms with Gasteiger partial charge in [-0.25, -0.2) is 8.78 Å². The minimum atomic E-state index is -0.944. The highest BCUT2D eigenvalue weighted by atomic mass is 79.9. The average molecular weight is 322 g/mol. The molecule has 1 rings (SSSR count). The van der Waals surface area contributed by atoms with Gasteiger partial charge in [0.1, 0.15) is 0 Å². The van der Waals surface area contributed by atoms with E-state index < -0.39 is 11.6 Å². The lowest BCUT2D eigenvalue weighted by molar-refractivity contribution is -0.120. The van der Waals surface area contributed by atoms with Crippen molar-refractivity contribution in [2.45, 2.75) is 6.42 Å². The summed E-state index contributed by atoms with van der Waals surface area (Å²) >= 11 is 3.21. The minimum absolute atomic E-state index is 0.0235. The summed E-state index contributed by atoms with van der Waals surface area (Å²) in [5.41, 5.74) is 0.438. The summed E-state index contributed by atoms with van der Waals surface area (Å²) in [5, 5.41) is 3.37. The van der Waals surface area contributed by atoms with Crippen LogP contribution in [0.3, 0.4) is 0 Å². The number of hydrogen-bond donors (Lipinski definition) is 1. The van der Waals surface area contributed by atoms with Crippen molar-refractivity contribution >= 4 is 21.8 Å². The van der Waals surface area contributed by atoms with Gasteiger partial charge in [-0.05, 0) is 17.7 Å². The summed E-state index contributed by atoms with van der Waals surface area (Å²) in [7, 11) is 0. The highest BCUT2D eigenvalue weighted by molar-refractivity contribution is 9.09. The van der Waals surface area contributed by atoms with E-state index >= 15 is 0 Å². The molecule has 0 aromatic heterocycles. The smallest absolute Gasteiger partial charge is 0.224 e. The molecule has 0 unspecified atom stereocenters. The summed E-state index contributed by atoms with van der Waals surface area (Å²) in [6, 6.07) is 3.42. The normalized spacial score (nSPS) is 10.4. The fourth-order valence-electron chi connectivity index (χ4n) is 1.32. The van der Waals surface area contributed by atoms with Gasteiger partial charge in [-0.1, -0.05) is 22.0 Å². The first kappa shape index (κ1) is 15.0. The van der Waals surface area contributed by atoms with Gasteiger partial charge >= 0.3 is 0 Å². The molecule has 0 fully saturated rings. The van der Waals surface area contributed by atoms with E-state index in [9.17, 15) is 13.6 Å². The van der Waals surface area contributed by atoms with Crippen LogP contribution in [0.25, 0.3) is 0 Å². The van der Waals surface area contributed by atoms with Crippen LogP contribution < -0.4 is 5.32 Å². The Labute approximate surface area is 113 Å². The van der Waals surface area contributed by atoms with Crippen LogP contribution in [0.5, 0.6) is 0 Å². The number of alkyl halides is 1. The lowest BCUT2D eigenvalue weighted by atomic mass is 10.1. The predicted octanol–water partition coefficient (Wildman–Crippen LogP) is 2.04. The van der Waals surface area contributed by atoms with Gasteiger partial charge in [0.05, 0.1) is 19.6 Å². The molecule has 0 bridgehead atoms. The molecule has 0 aliphatic carbocycles. The Morgan fingerprint density at radius 1 is 1.28 bits per heavy atom. The number of ether oxygens (including phenoxy) is 1. The molecular weight excluding hydrogens is 308 g/mol. The molecular formula is C12H14BrF2NO2. The number of hydrogen-bond acceptors (Lipinski definition) is 2. The number of carbonyl (C=O) groups is 1. The van der Waals surface area contributed by atoms with E-state index in [1.165, 1.54) is 6.07 Å². The van der Waals surface area contributed by atoms with Gasteiger partial charge in [-0.15, -0.1) is 0 Å². The predicted molar refractivity (Wildman–Crippen MR) is 67.7 cm³/mol. The molecule has 0 spiro atoms. The van der Waals surface area contributed by atoms with Crippen molar-refractivity contribution in [2.75, 3.05) is 25.1 Å². The van der Waals surface area contributed by atoms with E-state index in [4.69, 9.17) is 4.74 Å². The van der Waals surface area contributed by atoms with Crippen molar-refractivity contribution in [3.05, 3.63) is 35.4 Å². The van der Waals surface area contributed by atoms with E-state index in [0.717, 1.165) is 17.5 Å². The van der Waals surface area contributed by atoms with E-state index in [-0.39, 0.29) is 12.3 Å². The number of benzene rings is 1. The Morgan fingerprint density at radius 3 is 2.72 bits per heavy atom. The molecule has 0 heterocycles. The summed E-state index contributed by atoms with van der Waals surface area (Å²) in [6.45, 7) is 1.41. The maximum absolute atomic E-state index is 12.9. The minimum Gasteiger partial charge on any atom is -0.379 e. The molecule has 1 N–H and O–H groups in total. The van der Waals surface area contributed by atoms with Gasteiger partial charge < -0.3 is 10.1 Å². The monoisotopic (exact) mass is 321 g/mol. The third-order valence-corrected chi connectivity index (χ3v) is 2.46. The highest BCUT2D eigenvalue weighted by Gasteiger charge is 2.06. The molecule has 18 heavy (non-hydrogen) atoms. The van der Waals surface area contributed by atoms with Crippen molar-refractivity contribution in [3.63, 3.8) is 0 Å². The Morgan fingerprint density at radius 2 is 2.06 bits per heavy atom. The zero-order valence-electron chi connectivity index (χ0n) is 9.72. The molecule has 0 saturated carbocycles. The van der Waals surface area contributed by atoms with Crippen LogP contribution in [0.15, 0.2) is 18.2 Å². The Balaban J connectivity index is 2.29. The second kappa shape index (κ2) is 8.16. The van der Waals surface area contributed by atoms with Crippen LogP contribution in [-0.4, -0.2) is 31.0 Å². The molecule has 0 atom stereocenters. The molecule has 6 heteroatoms. The van der Waals surface area contributed by atoms with Crippen molar-refractivity contribution in [3.8, 4) is 0 Å². The maximum atomic E-state index is 12.9. The lowest BCUT2D eigenvalue weighted by Gasteiger charge is -2.06. The molecule has 1 amide bonds. The molecule has 0 radical (unpaired) electrons. The summed E-state index contributed by atoms with van der Waals surface area (Å²) in [6.07, 6.45) is 0.0235. The van der Waals surface area contributed by atoms with Gasteiger partial charge in [0.25, 0.3) is 0 Å². The first-order valence-corrected chi connectivity index (χ1v) is 6.60. The first-order valence-electron chi connectivity index (χ1n) is 5.48. The number of halogens is 3. The quantitative estimate of drug-likeness (QED) is 0.616. The van der Waals surface area contributed by atoms with E-state index in [2.05, 4.69) is 21.2 Å². The van der Waals surface area contributed by atoms with Gasteiger partial charge in [-0.3, -0.25) is 4.79 Å². The topological polar surface area (TPSA) is 38.3 Å². The fraction of sp³-hybridized carbons (Fsp3) is 0.417. The van der Waals surface area contributed by atoms with Crippen molar-refractivity contribution in [1.82, 2.24) is 5.32 Å². The molecule has 3 nitrogen and oxygen atoms in total. The molecule has 100 valence electrons. The average Bonchev–Trinajstić information content (AvgIpc) is 2.34. The van der Waals surface area contributed by atoms with Gasteiger partial charge in [0.2, 0.25) is 5.91 Å². The van der Waals surface area contributed by atoms with E-state index in [0.29, 0.717) is 25.3 Å². The number of amides is 1. The summed E-state index contributed by atoms with van der Waals surface area (Å²) in [4.78, 5) is 11.4. The van der Waals surface area contributed by atoms with Gasteiger partial charge in [0, 0.05) is 11.9 Å². The van der Waals surface area contributed by atoms with Crippen LogP contribution in [0.2, 0.25) is 0 Å². The van der Waals surface area contributed by atoms with Gasteiger partial charge in [-0.2, -0.15) is 0 Å². The first-order chi connectivity index (χ1) is 8.63. The van der Waals surface area contributed by atoms with Crippen LogP contribution >= 0.6 is 15.9 Å². The third-order valence-electron chi connectivity index (χ3n) is 2.14. The van der Waals surface area contributed by atoms with Crippen LogP contribution in [0.1, 0.15) is 5.56 Å². The summed E-state index contributed by atoms with van der Waals surface area (Å²) < 4.78 is 30.7. The Bertz CT molecular complexity index is 402. The van der Waals surface area contributed by atoms with Crippen molar-refractivity contribution in [2.24, 2.45) is 0 Å². The SMILES string of the molecule is O=C(Cc1ccc(F)c(F)c1)NCCOCCBr. The van der Waals surface area contributed by atoms with E-state index in [1.54, 1.807) is 0 Å². The van der Waals surface area contributed by atoms with Gasteiger partial charge in [0.15, 0.2) is 11.6 Å². The van der Waals surface area contributed by atoms with Crippen LogP contribution in [-0.2, 0) is 16.0 Å². The zero-order valence-corrected chi connectivity index (χ0v) is 11.3. The lowest BCUT2D eigenvalue weighted by Crippen LogP contribution is -2.28.